The van der Waals surface area contributed by atoms with Crippen LogP contribution in [-0.4, -0.2) is 23.9 Å². The van der Waals surface area contributed by atoms with Crippen LogP contribution in [0.3, 0.4) is 0 Å². The highest BCUT2D eigenvalue weighted by Crippen LogP contribution is 2.22. The Morgan fingerprint density at radius 1 is 1.26 bits per heavy atom. The van der Waals surface area contributed by atoms with Gasteiger partial charge in [0.15, 0.2) is 0 Å². The van der Waals surface area contributed by atoms with Crippen molar-refractivity contribution in [1.29, 1.82) is 0 Å². The van der Waals surface area contributed by atoms with Gasteiger partial charge < -0.3 is 10.1 Å². The molecule has 1 heterocycles. The molecule has 0 fully saturated rings. The van der Waals surface area contributed by atoms with Crippen molar-refractivity contribution in [2.75, 3.05) is 19.0 Å². The molecule has 19 heavy (non-hydrogen) atoms. The van der Waals surface area contributed by atoms with Crippen LogP contribution in [0.2, 0.25) is 0 Å². The molecule has 0 radical (unpaired) electrons. The van der Waals surface area contributed by atoms with Crippen molar-refractivity contribution in [1.82, 2.24) is 10.2 Å². The van der Waals surface area contributed by atoms with Crippen LogP contribution in [0, 0.1) is 6.92 Å². The summed E-state index contributed by atoms with van der Waals surface area (Å²) in [6.45, 7) is 5.10. The minimum Gasteiger partial charge on any atom is -0.497 e. The fourth-order valence-electron chi connectivity index (χ4n) is 1.86. The molecule has 0 spiro atoms. The molecule has 0 saturated carbocycles. The number of rotatable bonds is 6. The molecule has 4 nitrogen and oxygen atoms in total. The summed E-state index contributed by atoms with van der Waals surface area (Å²) in [5, 5.41) is 13.2. The molecule has 2 rings (SSSR count). The number of anilines is 1. The Bertz CT molecular complexity index is 510. The predicted octanol–water partition coefficient (Wildman–Crippen LogP) is 3.46. The van der Waals surface area contributed by atoms with Crippen molar-refractivity contribution in [2.45, 2.75) is 26.2 Å². The lowest BCUT2D eigenvalue weighted by atomic mass is 9.98. The van der Waals surface area contributed by atoms with Crippen LogP contribution in [0.4, 0.5) is 5.13 Å². The third-order valence-corrected chi connectivity index (χ3v) is 3.86. The third-order valence-electron chi connectivity index (χ3n) is 3.06. The van der Waals surface area contributed by atoms with E-state index in [2.05, 4.69) is 34.6 Å². The summed E-state index contributed by atoms with van der Waals surface area (Å²) in [5.74, 6) is 1.41. The number of methoxy groups -OCH3 is 1. The van der Waals surface area contributed by atoms with Crippen LogP contribution in [0.15, 0.2) is 24.3 Å². The Hall–Kier alpha value is -1.62. The van der Waals surface area contributed by atoms with Gasteiger partial charge in [-0.05, 0) is 37.0 Å². The monoisotopic (exact) mass is 277 g/mol. The van der Waals surface area contributed by atoms with Gasteiger partial charge in [-0.1, -0.05) is 30.4 Å². The van der Waals surface area contributed by atoms with E-state index in [-0.39, 0.29) is 0 Å². The van der Waals surface area contributed by atoms with Crippen LogP contribution in [0.1, 0.15) is 29.8 Å². The van der Waals surface area contributed by atoms with Gasteiger partial charge in [0.1, 0.15) is 10.8 Å². The molecule has 0 aliphatic rings. The maximum absolute atomic E-state index is 5.16. The van der Waals surface area contributed by atoms with Crippen LogP contribution >= 0.6 is 11.3 Å². The van der Waals surface area contributed by atoms with Crippen LogP contribution in [0.5, 0.6) is 5.75 Å². The SMILES string of the molecule is COc1ccc(C(C)CCNc2nnc(C)s2)cc1. The van der Waals surface area contributed by atoms with Crippen molar-refractivity contribution in [3.63, 3.8) is 0 Å². The average molecular weight is 277 g/mol. The minimum atomic E-state index is 0.507. The summed E-state index contributed by atoms with van der Waals surface area (Å²) in [6.07, 6.45) is 1.06. The summed E-state index contributed by atoms with van der Waals surface area (Å²) in [7, 11) is 1.69. The van der Waals surface area contributed by atoms with Crippen LogP contribution in [-0.2, 0) is 0 Å². The number of nitrogens with one attached hydrogen (secondary N) is 1. The molecule has 1 aromatic heterocycles. The molecular formula is C14H19N3OS. The molecule has 2 aromatic rings. The summed E-state index contributed by atoms with van der Waals surface area (Å²) in [6, 6.07) is 8.26. The van der Waals surface area contributed by atoms with Crippen molar-refractivity contribution >= 4 is 16.5 Å². The first-order chi connectivity index (χ1) is 9.19. The highest BCUT2D eigenvalue weighted by atomic mass is 32.1. The average Bonchev–Trinajstić information content (AvgIpc) is 2.84. The molecule has 0 saturated heterocycles. The molecule has 1 N–H and O–H groups in total. The first kappa shape index (κ1) is 13.8. The number of aryl methyl sites for hydroxylation is 1. The highest BCUT2D eigenvalue weighted by Gasteiger charge is 2.06. The fourth-order valence-corrected chi connectivity index (χ4v) is 2.48. The number of aromatic nitrogens is 2. The quantitative estimate of drug-likeness (QED) is 0.878. The fraction of sp³-hybridized carbons (Fsp3) is 0.429. The number of benzene rings is 1. The standard InChI is InChI=1S/C14H19N3OS/c1-10(12-4-6-13(18-3)7-5-12)8-9-15-14-17-16-11(2)19-14/h4-7,10H,8-9H2,1-3H3,(H,15,17). The first-order valence-corrected chi connectivity index (χ1v) is 7.18. The van der Waals surface area contributed by atoms with Crippen LogP contribution in [0.25, 0.3) is 0 Å². The molecule has 1 aromatic carbocycles. The van der Waals surface area contributed by atoms with E-state index in [4.69, 9.17) is 4.74 Å². The second kappa shape index (κ2) is 6.52. The van der Waals surface area contributed by atoms with Gasteiger partial charge in [-0.25, -0.2) is 0 Å². The van der Waals surface area contributed by atoms with Gasteiger partial charge in [0.05, 0.1) is 7.11 Å². The van der Waals surface area contributed by atoms with Crippen molar-refractivity contribution in [3.8, 4) is 5.75 Å². The second-order valence-electron chi connectivity index (χ2n) is 4.52. The van der Waals surface area contributed by atoms with Gasteiger partial charge in [0, 0.05) is 6.54 Å². The Kier molecular flexibility index (Phi) is 4.74. The molecule has 1 atom stereocenters. The molecule has 0 aliphatic carbocycles. The van der Waals surface area contributed by atoms with E-state index < -0.39 is 0 Å². The largest absolute Gasteiger partial charge is 0.497 e. The van der Waals surface area contributed by atoms with E-state index in [1.54, 1.807) is 18.4 Å². The van der Waals surface area contributed by atoms with Gasteiger partial charge in [-0.15, -0.1) is 10.2 Å². The number of ether oxygens (including phenoxy) is 1. The maximum Gasteiger partial charge on any atom is 0.205 e. The maximum atomic E-state index is 5.16. The number of hydrogen-bond acceptors (Lipinski definition) is 5. The van der Waals surface area contributed by atoms with Gasteiger partial charge in [0.25, 0.3) is 0 Å². The van der Waals surface area contributed by atoms with E-state index in [1.165, 1.54) is 5.56 Å². The molecular weight excluding hydrogens is 258 g/mol. The van der Waals surface area contributed by atoms with Gasteiger partial charge in [-0.3, -0.25) is 0 Å². The summed E-state index contributed by atoms with van der Waals surface area (Å²) >= 11 is 1.59. The zero-order valence-electron chi connectivity index (χ0n) is 11.5. The lowest BCUT2D eigenvalue weighted by Crippen LogP contribution is -2.05. The molecule has 102 valence electrons. The Morgan fingerprint density at radius 3 is 2.58 bits per heavy atom. The lowest BCUT2D eigenvalue weighted by Gasteiger charge is -2.12. The molecule has 5 heteroatoms. The van der Waals surface area contributed by atoms with E-state index in [1.807, 2.05) is 19.1 Å². The zero-order valence-corrected chi connectivity index (χ0v) is 12.3. The predicted molar refractivity (Wildman–Crippen MR) is 79.2 cm³/mol. The molecule has 1 unspecified atom stereocenters. The van der Waals surface area contributed by atoms with Crippen molar-refractivity contribution in [2.24, 2.45) is 0 Å². The van der Waals surface area contributed by atoms with Gasteiger partial charge >= 0.3 is 0 Å². The summed E-state index contributed by atoms with van der Waals surface area (Å²) < 4.78 is 5.16. The Balaban J connectivity index is 1.81. The number of nitrogens with zero attached hydrogens (tertiary/aromatic N) is 2. The molecule has 0 bridgehead atoms. The van der Waals surface area contributed by atoms with Crippen molar-refractivity contribution in [3.05, 3.63) is 34.8 Å². The molecule has 0 amide bonds. The third kappa shape index (κ3) is 3.92. The van der Waals surface area contributed by atoms with E-state index in [0.29, 0.717) is 5.92 Å². The first-order valence-electron chi connectivity index (χ1n) is 6.37. The van der Waals surface area contributed by atoms with Crippen molar-refractivity contribution < 1.29 is 4.74 Å². The smallest absolute Gasteiger partial charge is 0.205 e. The van der Waals surface area contributed by atoms with Crippen LogP contribution < -0.4 is 10.1 Å². The summed E-state index contributed by atoms with van der Waals surface area (Å²) in [4.78, 5) is 0. The van der Waals surface area contributed by atoms with Gasteiger partial charge in [0.2, 0.25) is 5.13 Å². The normalized spacial score (nSPS) is 12.2. The highest BCUT2D eigenvalue weighted by molar-refractivity contribution is 7.15. The van der Waals surface area contributed by atoms with E-state index >= 15 is 0 Å². The Labute approximate surface area is 117 Å². The topological polar surface area (TPSA) is 47.0 Å². The lowest BCUT2D eigenvalue weighted by molar-refractivity contribution is 0.414. The zero-order chi connectivity index (χ0) is 13.7. The Morgan fingerprint density at radius 2 is 2.00 bits per heavy atom. The van der Waals surface area contributed by atoms with E-state index in [9.17, 15) is 0 Å². The summed E-state index contributed by atoms with van der Waals surface area (Å²) in [5.41, 5.74) is 1.33. The van der Waals surface area contributed by atoms with Gasteiger partial charge in [-0.2, -0.15) is 0 Å². The minimum absolute atomic E-state index is 0.507. The second-order valence-corrected chi connectivity index (χ2v) is 5.70. The van der Waals surface area contributed by atoms with E-state index in [0.717, 1.165) is 28.9 Å². The number of hydrogen-bond donors (Lipinski definition) is 1. The molecule has 0 aliphatic heterocycles.